The highest BCUT2D eigenvalue weighted by molar-refractivity contribution is 5.85. The van der Waals surface area contributed by atoms with Crippen molar-refractivity contribution in [3.63, 3.8) is 0 Å². The Balaban J connectivity index is 0.00000242. The van der Waals surface area contributed by atoms with Crippen LogP contribution in [0.3, 0.4) is 0 Å². The number of carbonyl (C=O) groups excluding carboxylic acids is 1. The number of hydrogen-bond acceptors (Lipinski definition) is 3. The van der Waals surface area contributed by atoms with Gasteiger partial charge in [0.1, 0.15) is 5.82 Å². The average Bonchev–Trinajstić information content (AvgIpc) is 2.46. The summed E-state index contributed by atoms with van der Waals surface area (Å²) in [7, 11) is 0. The molecule has 1 aromatic rings. The fourth-order valence-corrected chi connectivity index (χ4v) is 2.28. The van der Waals surface area contributed by atoms with Crippen LogP contribution < -0.4 is 15.4 Å². The molecule has 0 radical (unpaired) electrons. The average molecular weight is 335 g/mol. The van der Waals surface area contributed by atoms with Crippen molar-refractivity contribution >= 4 is 18.3 Å². The predicted octanol–water partition coefficient (Wildman–Crippen LogP) is 2.41. The molecule has 1 atom stereocenters. The van der Waals surface area contributed by atoms with E-state index in [0.717, 1.165) is 38.1 Å². The van der Waals surface area contributed by atoms with Gasteiger partial charge < -0.3 is 15.4 Å². The maximum Gasteiger partial charge on any atom is 0.220 e. The maximum atomic E-state index is 13.3. The van der Waals surface area contributed by atoms with E-state index in [1.165, 1.54) is 6.07 Å². The zero-order chi connectivity index (χ0) is 15.1. The summed E-state index contributed by atoms with van der Waals surface area (Å²) in [6.07, 6.45) is 2.88. The highest BCUT2D eigenvalue weighted by Crippen LogP contribution is 2.17. The largest absolute Gasteiger partial charge is 0.491 e. The van der Waals surface area contributed by atoms with E-state index in [0.29, 0.717) is 12.8 Å². The van der Waals surface area contributed by atoms with Gasteiger partial charge in [-0.1, -0.05) is 0 Å². The summed E-state index contributed by atoms with van der Waals surface area (Å²) in [5.74, 6) is -1.38. The Labute approximate surface area is 135 Å². The number of ether oxygens (including phenoxy) is 1. The van der Waals surface area contributed by atoms with Crippen molar-refractivity contribution in [1.29, 1.82) is 0 Å². The van der Waals surface area contributed by atoms with Gasteiger partial charge in [0.2, 0.25) is 5.91 Å². The summed E-state index contributed by atoms with van der Waals surface area (Å²) in [6, 6.07) is 3.36. The summed E-state index contributed by atoms with van der Waals surface area (Å²) in [4.78, 5) is 11.7. The summed E-state index contributed by atoms with van der Waals surface area (Å²) < 4.78 is 31.2. The minimum atomic E-state index is -0.729. The second-order valence-electron chi connectivity index (χ2n) is 5.14. The van der Waals surface area contributed by atoms with E-state index in [-0.39, 0.29) is 36.7 Å². The first-order valence-electron chi connectivity index (χ1n) is 7.23. The zero-order valence-corrected chi connectivity index (χ0v) is 13.1. The summed E-state index contributed by atoms with van der Waals surface area (Å²) in [5.41, 5.74) is 0. The molecular formula is C15H21ClF2N2O2. The van der Waals surface area contributed by atoms with Gasteiger partial charge in [-0.2, -0.15) is 0 Å². The molecule has 1 aliphatic heterocycles. The third kappa shape index (κ3) is 6.15. The predicted molar refractivity (Wildman–Crippen MR) is 82.4 cm³/mol. The van der Waals surface area contributed by atoms with Gasteiger partial charge in [0.05, 0.1) is 6.61 Å². The van der Waals surface area contributed by atoms with Gasteiger partial charge in [-0.25, -0.2) is 8.78 Å². The molecular weight excluding hydrogens is 314 g/mol. The monoisotopic (exact) mass is 334 g/mol. The molecule has 0 aromatic heterocycles. The third-order valence-electron chi connectivity index (χ3n) is 3.36. The molecule has 1 fully saturated rings. The molecule has 0 saturated carbocycles. The Morgan fingerprint density at radius 1 is 1.41 bits per heavy atom. The summed E-state index contributed by atoms with van der Waals surface area (Å²) >= 11 is 0. The van der Waals surface area contributed by atoms with Crippen LogP contribution in [0.2, 0.25) is 0 Å². The van der Waals surface area contributed by atoms with Gasteiger partial charge in [-0.15, -0.1) is 12.4 Å². The maximum absolute atomic E-state index is 13.3. The van der Waals surface area contributed by atoms with Gasteiger partial charge in [0.15, 0.2) is 11.6 Å². The van der Waals surface area contributed by atoms with Crippen molar-refractivity contribution in [3.8, 4) is 5.75 Å². The van der Waals surface area contributed by atoms with Crippen molar-refractivity contribution in [2.45, 2.75) is 31.7 Å². The van der Waals surface area contributed by atoms with Gasteiger partial charge in [-0.05, 0) is 37.9 Å². The molecule has 1 aliphatic rings. The second kappa shape index (κ2) is 9.58. The number of amides is 1. The molecule has 1 aromatic carbocycles. The van der Waals surface area contributed by atoms with Crippen LogP contribution in [0.1, 0.15) is 25.7 Å². The highest BCUT2D eigenvalue weighted by Gasteiger charge is 2.14. The molecule has 0 spiro atoms. The quantitative estimate of drug-likeness (QED) is 0.786. The van der Waals surface area contributed by atoms with Crippen LogP contribution in [0, 0.1) is 11.6 Å². The standard InChI is InChI=1S/C15H20F2N2O2.ClH/c16-11-5-6-14(13(17)9-11)21-8-2-4-15(20)19-12-3-1-7-18-10-12;/h5-6,9,12,18H,1-4,7-8,10H2,(H,19,20);1H. The molecule has 1 amide bonds. The number of halogens is 3. The Kier molecular flexibility index (Phi) is 8.12. The third-order valence-corrected chi connectivity index (χ3v) is 3.36. The van der Waals surface area contributed by atoms with Crippen molar-refractivity contribution in [1.82, 2.24) is 10.6 Å². The summed E-state index contributed by atoms with van der Waals surface area (Å²) in [5, 5.41) is 6.18. The number of nitrogens with one attached hydrogen (secondary N) is 2. The molecule has 1 unspecified atom stereocenters. The van der Waals surface area contributed by atoms with E-state index in [2.05, 4.69) is 10.6 Å². The second-order valence-corrected chi connectivity index (χ2v) is 5.14. The van der Waals surface area contributed by atoms with Gasteiger partial charge in [0.25, 0.3) is 0 Å². The molecule has 0 aliphatic carbocycles. The van der Waals surface area contributed by atoms with E-state index >= 15 is 0 Å². The molecule has 22 heavy (non-hydrogen) atoms. The lowest BCUT2D eigenvalue weighted by Gasteiger charge is -2.23. The van der Waals surface area contributed by atoms with Gasteiger partial charge in [-0.3, -0.25) is 4.79 Å². The molecule has 1 saturated heterocycles. The SMILES string of the molecule is Cl.O=C(CCCOc1ccc(F)cc1F)NC1CCCNC1. The number of piperidine rings is 1. The normalized spacial score (nSPS) is 17.5. The van der Waals surface area contributed by atoms with E-state index in [1.54, 1.807) is 0 Å². The zero-order valence-electron chi connectivity index (χ0n) is 12.2. The van der Waals surface area contributed by atoms with Crippen LogP contribution in [0.4, 0.5) is 8.78 Å². The van der Waals surface area contributed by atoms with Crippen molar-refractivity contribution < 1.29 is 18.3 Å². The van der Waals surface area contributed by atoms with Gasteiger partial charge >= 0.3 is 0 Å². The fourth-order valence-electron chi connectivity index (χ4n) is 2.28. The van der Waals surface area contributed by atoms with Crippen LogP contribution in [-0.2, 0) is 4.79 Å². The molecule has 0 bridgehead atoms. The Morgan fingerprint density at radius 2 is 2.23 bits per heavy atom. The van der Waals surface area contributed by atoms with Crippen LogP contribution in [0.25, 0.3) is 0 Å². The smallest absolute Gasteiger partial charge is 0.220 e. The first kappa shape index (κ1) is 18.6. The number of benzene rings is 1. The Bertz CT molecular complexity index is 483. The highest BCUT2D eigenvalue weighted by atomic mass is 35.5. The fraction of sp³-hybridized carbons (Fsp3) is 0.533. The van der Waals surface area contributed by atoms with E-state index < -0.39 is 11.6 Å². The summed E-state index contributed by atoms with van der Waals surface area (Å²) in [6.45, 7) is 2.03. The van der Waals surface area contributed by atoms with E-state index in [9.17, 15) is 13.6 Å². The van der Waals surface area contributed by atoms with Crippen molar-refractivity contribution in [2.75, 3.05) is 19.7 Å². The van der Waals surface area contributed by atoms with E-state index in [1.807, 2.05) is 0 Å². The molecule has 2 rings (SSSR count). The molecule has 124 valence electrons. The first-order chi connectivity index (χ1) is 10.1. The molecule has 2 N–H and O–H groups in total. The van der Waals surface area contributed by atoms with E-state index in [4.69, 9.17) is 4.74 Å². The topological polar surface area (TPSA) is 50.4 Å². The number of hydrogen-bond donors (Lipinski definition) is 2. The lowest BCUT2D eigenvalue weighted by atomic mass is 10.1. The molecule has 4 nitrogen and oxygen atoms in total. The minimum absolute atomic E-state index is 0. The molecule has 7 heteroatoms. The van der Waals surface area contributed by atoms with Crippen molar-refractivity contribution in [2.24, 2.45) is 0 Å². The van der Waals surface area contributed by atoms with Gasteiger partial charge in [0, 0.05) is 25.1 Å². The first-order valence-corrected chi connectivity index (χ1v) is 7.23. The Hall–Kier alpha value is -1.40. The minimum Gasteiger partial charge on any atom is -0.491 e. The lowest BCUT2D eigenvalue weighted by molar-refractivity contribution is -0.122. The van der Waals surface area contributed by atoms with Crippen LogP contribution >= 0.6 is 12.4 Å². The number of carbonyl (C=O) groups is 1. The number of rotatable bonds is 6. The van der Waals surface area contributed by atoms with Crippen molar-refractivity contribution in [3.05, 3.63) is 29.8 Å². The van der Waals surface area contributed by atoms with Crippen LogP contribution in [-0.4, -0.2) is 31.6 Å². The lowest BCUT2D eigenvalue weighted by Crippen LogP contribution is -2.45. The van der Waals surface area contributed by atoms with Crippen LogP contribution in [0.5, 0.6) is 5.75 Å². The van der Waals surface area contributed by atoms with Crippen LogP contribution in [0.15, 0.2) is 18.2 Å². The molecule has 1 heterocycles. The Morgan fingerprint density at radius 3 is 2.91 bits per heavy atom.